The molecule has 0 spiro atoms. The first-order chi connectivity index (χ1) is 12.7. The van der Waals surface area contributed by atoms with Crippen LogP contribution in [0.2, 0.25) is 0 Å². The minimum Gasteiger partial charge on any atom is -0.353 e. The number of aliphatic imine (C=N–C) groups is 1. The Bertz CT molecular complexity index is 801. The predicted octanol–water partition coefficient (Wildman–Crippen LogP) is 2.76. The highest BCUT2D eigenvalue weighted by Crippen LogP contribution is 2.09. The molecule has 2 N–H and O–H groups in total. The average Bonchev–Trinajstić information content (AvgIpc) is 2.99. The zero-order chi connectivity index (χ0) is 20.0. The first-order valence-corrected chi connectivity index (χ1v) is 9.13. The number of benzene rings is 1. The van der Waals surface area contributed by atoms with Crippen LogP contribution in [-0.2, 0) is 20.1 Å². The smallest absolute Gasteiger partial charge is 0.251 e. The molecule has 6 nitrogen and oxygen atoms in total. The molecule has 0 saturated carbocycles. The third-order valence-electron chi connectivity index (χ3n) is 4.15. The van der Waals surface area contributed by atoms with Gasteiger partial charge in [-0.3, -0.25) is 9.79 Å². The standard InChI is InChI=1S/C21H31N5O/c1-21(2,3)24-19(27)17-10-7-9-16(13-17)14-23-20(22-4)26(6)15-18-11-8-12-25(18)5/h7-13H,14-15H2,1-6H3,(H,22,23)(H,24,27). The van der Waals surface area contributed by atoms with E-state index in [9.17, 15) is 4.79 Å². The topological polar surface area (TPSA) is 61.7 Å². The van der Waals surface area contributed by atoms with Gasteiger partial charge in [0.15, 0.2) is 5.96 Å². The Kier molecular flexibility index (Phi) is 6.66. The van der Waals surface area contributed by atoms with Crippen LogP contribution in [0.5, 0.6) is 0 Å². The molecule has 1 heterocycles. The third-order valence-corrected chi connectivity index (χ3v) is 4.15. The molecular weight excluding hydrogens is 338 g/mol. The predicted molar refractivity (Wildman–Crippen MR) is 111 cm³/mol. The van der Waals surface area contributed by atoms with Crippen LogP contribution in [0.3, 0.4) is 0 Å². The lowest BCUT2D eigenvalue weighted by Gasteiger charge is -2.23. The number of carbonyl (C=O) groups excluding carboxylic acids is 1. The molecule has 0 aliphatic heterocycles. The number of hydrogen-bond acceptors (Lipinski definition) is 2. The molecule has 0 aliphatic carbocycles. The summed E-state index contributed by atoms with van der Waals surface area (Å²) in [7, 11) is 5.82. The highest BCUT2D eigenvalue weighted by molar-refractivity contribution is 5.94. The molecule has 0 bridgehead atoms. The SMILES string of the molecule is CN=C(NCc1cccc(C(=O)NC(C)(C)C)c1)N(C)Cc1cccn1C. The lowest BCUT2D eigenvalue weighted by atomic mass is 10.1. The maximum Gasteiger partial charge on any atom is 0.251 e. The molecule has 0 unspecified atom stereocenters. The van der Waals surface area contributed by atoms with Crippen molar-refractivity contribution in [3.8, 4) is 0 Å². The Balaban J connectivity index is 1.99. The summed E-state index contributed by atoms with van der Waals surface area (Å²) in [6, 6.07) is 11.8. The van der Waals surface area contributed by atoms with Gasteiger partial charge in [-0.25, -0.2) is 0 Å². The summed E-state index contributed by atoms with van der Waals surface area (Å²) in [5.74, 6) is 0.746. The Morgan fingerprint density at radius 1 is 1.22 bits per heavy atom. The van der Waals surface area contributed by atoms with Crippen LogP contribution in [0.25, 0.3) is 0 Å². The van der Waals surface area contributed by atoms with E-state index in [0.29, 0.717) is 12.1 Å². The van der Waals surface area contributed by atoms with E-state index in [1.54, 1.807) is 7.05 Å². The van der Waals surface area contributed by atoms with E-state index in [1.807, 2.05) is 71.4 Å². The highest BCUT2D eigenvalue weighted by Gasteiger charge is 2.15. The summed E-state index contributed by atoms with van der Waals surface area (Å²) >= 11 is 0. The molecule has 2 aromatic rings. The van der Waals surface area contributed by atoms with E-state index < -0.39 is 0 Å². The quantitative estimate of drug-likeness (QED) is 0.629. The normalized spacial score (nSPS) is 12.0. The molecule has 6 heteroatoms. The molecule has 146 valence electrons. The second-order valence-corrected chi connectivity index (χ2v) is 7.77. The molecule has 0 fully saturated rings. The van der Waals surface area contributed by atoms with E-state index in [0.717, 1.165) is 18.1 Å². The van der Waals surface area contributed by atoms with E-state index in [2.05, 4.69) is 31.2 Å². The molecule has 0 radical (unpaired) electrons. The van der Waals surface area contributed by atoms with E-state index >= 15 is 0 Å². The van der Waals surface area contributed by atoms with Crippen molar-refractivity contribution in [1.82, 2.24) is 20.1 Å². The maximum absolute atomic E-state index is 12.4. The number of guanidine groups is 1. The summed E-state index contributed by atoms with van der Waals surface area (Å²) in [5.41, 5.74) is 2.65. The summed E-state index contributed by atoms with van der Waals surface area (Å²) in [6.45, 7) is 7.28. The Morgan fingerprint density at radius 2 is 1.96 bits per heavy atom. The van der Waals surface area contributed by atoms with Gasteiger partial charge in [-0.2, -0.15) is 0 Å². The molecule has 2 rings (SSSR count). The fourth-order valence-corrected chi connectivity index (χ4v) is 2.78. The largest absolute Gasteiger partial charge is 0.353 e. The molecule has 0 saturated heterocycles. The minimum atomic E-state index is -0.257. The van der Waals surface area contributed by atoms with Crippen LogP contribution in [0, 0.1) is 0 Å². The van der Waals surface area contributed by atoms with Gasteiger partial charge in [0.2, 0.25) is 0 Å². The van der Waals surface area contributed by atoms with Gasteiger partial charge in [0.05, 0.1) is 6.54 Å². The number of hydrogen-bond donors (Lipinski definition) is 2. The average molecular weight is 370 g/mol. The van der Waals surface area contributed by atoms with Gasteiger partial charge in [-0.1, -0.05) is 12.1 Å². The zero-order valence-corrected chi connectivity index (χ0v) is 17.2. The molecule has 27 heavy (non-hydrogen) atoms. The molecule has 0 aliphatic rings. The number of nitrogens with one attached hydrogen (secondary N) is 2. The summed E-state index contributed by atoms with van der Waals surface area (Å²) in [5, 5.41) is 6.36. The van der Waals surface area contributed by atoms with Crippen molar-refractivity contribution >= 4 is 11.9 Å². The molecule has 1 aromatic carbocycles. The van der Waals surface area contributed by atoms with Gasteiger partial charge in [0.25, 0.3) is 5.91 Å². The van der Waals surface area contributed by atoms with Gasteiger partial charge in [-0.15, -0.1) is 0 Å². The van der Waals surface area contributed by atoms with Crippen molar-refractivity contribution in [3.63, 3.8) is 0 Å². The second-order valence-electron chi connectivity index (χ2n) is 7.77. The van der Waals surface area contributed by atoms with Gasteiger partial charge in [0, 0.05) is 50.7 Å². The first-order valence-electron chi connectivity index (χ1n) is 9.13. The van der Waals surface area contributed by atoms with Crippen molar-refractivity contribution in [2.24, 2.45) is 12.0 Å². The van der Waals surface area contributed by atoms with Crippen molar-refractivity contribution in [1.29, 1.82) is 0 Å². The zero-order valence-electron chi connectivity index (χ0n) is 17.2. The number of rotatable bonds is 5. The minimum absolute atomic E-state index is 0.0606. The summed E-state index contributed by atoms with van der Waals surface area (Å²) < 4.78 is 2.10. The fraction of sp³-hybridized carbons (Fsp3) is 0.429. The van der Waals surface area contributed by atoms with E-state index in [4.69, 9.17) is 0 Å². The molecular formula is C21H31N5O. The maximum atomic E-state index is 12.4. The Morgan fingerprint density at radius 3 is 2.56 bits per heavy atom. The number of aryl methyl sites for hydroxylation is 1. The first kappa shape index (κ1) is 20.6. The van der Waals surface area contributed by atoms with Gasteiger partial charge >= 0.3 is 0 Å². The highest BCUT2D eigenvalue weighted by atomic mass is 16.1. The number of aromatic nitrogens is 1. The van der Waals surface area contributed by atoms with Crippen molar-refractivity contribution in [2.75, 3.05) is 14.1 Å². The van der Waals surface area contributed by atoms with Crippen LogP contribution in [0.4, 0.5) is 0 Å². The van der Waals surface area contributed by atoms with Gasteiger partial charge in [-0.05, 0) is 50.6 Å². The lowest BCUT2D eigenvalue weighted by molar-refractivity contribution is 0.0919. The lowest BCUT2D eigenvalue weighted by Crippen LogP contribution is -2.40. The number of nitrogens with zero attached hydrogens (tertiary/aromatic N) is 3. The van der Waals surface area contributed by atoms with E-state index in [1.165, 1.54) is 5.69 Å². The fourth-order valence-electron chi connectivity index (χ4n) is 2.78. The molecule has 1 amide bonds. The monoisotopic (exact) mass is 369 g/mol. The van der Waals surface area contributed by atoms with Crippen molar-refractivity contribution in [3.05, 3.63) is 59.4 Å². The summed E-state index contributed by atoms with van der Waals surface area (Å²) in [4.78, 5) is 18.8. The van der Waals surface area contributed by atoms with Crippen molar-refractivity contribution < 1.29 is 4.79 Å². The van der Waals surface area contributed by atoms with Crippen LogP contribution in [-0.4, -0.2) is 41.0 Å². The Hall–Kier alpha value is -2.76. The van der Waals surface area contributed by atoms with Gasteiger partial charge < -0.3 is 20.1 Å². The molecule has 1 aromatic heterocycles. The number of carbonyl (C=O) groups is 1. The van der Waals surface area contributed by atoms with Crippen LogP contribution < -0.4 is 10.6 Å². The van der Waals surface area contributed by atoms with Crippen LogP contribution >= 0.6 is 0 Å². The van der Waals surface area contributed by atoms with Crippen LogP contribution in [0.1, 0.15) is 42.4 Å². The van der Waals surface area contributed by atoms with Gasteiger partial charge in [0.1, 0.15) is 0 Å². The van der Waals surface area contributed by atoms with Crippen molar-refractivity contribution in [2.45, 2.75) is 39.4 Å². The van der Waals surface area contributed by atoms with E-state index in [-0.39, 0.29) is 11.4 Å². The van der Waals surface area contributed by atoms with Crippen LogP contribution in [0.15, 0.2) is 47.6 Å². The number of amides is 1. The molecule has 0 atom stereocenters. The summed E-state index contributed by atoms with van der Waals surface area (Å²) in [6.07, 6.45) is 2.04. The third kappa shape index (κ3) is 6.16. The second kappa shape index (κ2) is 8.75. The Labute approximate surface area is 162 Å².